The van der Waals surface area contributed by atoms with Gasteiger partial charge in [0.1, 0.15) is 0 Å². The summed E-state index contributed by atoms with van der Waals surface area (Å²) in [5.41, 5.74) is 2.42. The molecule has 1 atom stereocenters. The van der Waals surface area contributed by atoms with E-state index in [1.165, 1.54) is 0 Å². The van der Waals surface area contributed by atoms with Crippen LogP contribution in [-0.4, -0.2) is 25.1 Å². The second-order valence-corrected chi connectivity index (χ2v) is 4.85. The molecule has 0 radical (unpaired) electrons. The van der Waals surface area contributed by atoms with Gasteiger partial charge in [0, 0.05) is 35.3 Å². The standard InChI is InChI=1S/C16H16N2O3/c1-10-13-9-17-7-6-12(13)16(19)18(10)11-4-5-14(20-2)15(8-11)21-3/h4-10H,1-3H3. The lowest BCUT2D eigenvalue weighted by atomic mass is 10.1. The zero-order chi connectivity index (χ0) is 15.0. The van der Waals surface area contributed by atoms with Gasteiger partial charge in [-0.15, -0.1) is 0 Å². The number of pyridine rings is 1. The summed E-state index contributed by atoms with van der Waals surface area (Å²) >= 11 is 0. The molecule has 2 aromatic rings. The molecular formula is C16H16N2O3. The number of nitrogens with zero attached hydrogens (tertiary/aromatic N) is 2. The first-order valence-electron chi connectivity index (χ1n) is 6.67. The van der Waals surface area contributed by atoms with E-state index in [9.17, 15) is 4.79 Å². The minimum Gasteiger partial charge on any atom is -0.493 e. The number of amides is 1. The number of hydrogen-bond donors (Lipinski definition) is 0. The molecule has 1 aliphatic heterocycles. The maximum atomic E-state index is 12.6. The van der Waals surface area contributed by atoms with Crippen molar-refractivity contribution in [1.82, 2.24) is 4.98 Å². The summed E-state index contributed by atoms with van der Waals surface area (Å²) in [6, 6.07) is 7.17. The SMILES string of the molecule is COc1ccc(N2C(=O)c3ccncc3C2C)cc1OC. The summed E-state index contributed by atoms with van der Waals surface area (Å²) in [5, 5.41) is 0. The molecule has 5 nitrogen and oxygen atoms in total. The fourth-order valence-electron chi connectivity index (χ4n) is 2.69. The van der Waals surface area contributed by atoms with E-state index in [1.54, 1.807) is 43.6 Å². The summed E-state index contributed by atoms with van der Waals surface area (Å²) in [4.78, 5) is 18.4. The van der Waals surface area contributed by atoms with Crippen LogP contribution in [0.15, 0.2) is 36.7 Å². The number of carbonyl (C=O) groups excluding carboxylic acids is 1. The lowest BCUT2D eigenvalue weighted by Gasteiger charge is -2.23. The quantitative estimate of drug-likeness (QED) is 0.869. The first-order valence-corrected chi connectivity index (χ1v) is 6.67. The van der Waals surface area contributed by atoms with Gasteiger partial charge in [0.05, 0.1) is 20.3 Å². The van der Waals surface area contributed by atoms with Crippen LogP contribution in [0.3, 0.4) is 0 Å². The summed E-state index contributed by atoms with van der Waals surface area (Å²) in [5.74, 6) is 1.22. The first kappa shape index (κ1) is 13.4. The molecule has 21 heavy (non-hydrogen) atoms. The van der Waals surface area contributed by atoms with E-state index in [0.29, 0.717) is 17.1 Å². The van der Waals surface area contributed by atoms with Crippen LogP contribution in [0.1, 0.15) is 28.9 Å². The Hall–Kier alpha value is -2.56. The third kappa shape index (κ3) is 2.01. The Bertz CT molecular complexity index is 700. The summed E-state index contributed by atoms with van der Waals surface area (Å²) < 4.78 is 10.5. The molecule has 1 unspecified atom stereocenters. The second kappa shape index (κ2) is 5.09. The minimum absolute atomic E-state index is 0.0212. The van der Waals surface area contributed by atoms with E-state index in [2.05, 4.69) is 4.98 Å². The molecule has 1 aromatic heterocycles. The van der Waals surface area contributed by atoms with Gasteiger partial charge in [0.15, 0.2) is 11.5 Å². The highest BCUT2D eigenvalue weighted by molar-refractivity contribution is 6.11. The second-order valence-electron chi connectivity index (χ2n) is 4.85. The number of ether oxygens (including phenoxy) is 2. The van der Waals surface area contributed by atoms with Crippen LogP contribution < -0.4 is 14.4 Å². The number of hydrogen-bond acceptors (Lipinski definition) is 4. The largest absolute Gasteiger partial charge is 0.493 e. The molecule has 1 aliphatic rings. The van der Waals surface area contributed by atoms with Crippen molar-refractivity contribution in [3.05, 3.63) is 47.8 Å². The molecule has 0 spiro atoms. The van der Waals surface area contributed by atoms with Gasteiger partial charge in [-0.25, -0.2) is 0 Å². The topological polar surface area (TPSA) is 51.7 Å². The van der Waals surface area contributed by atoms with Crippen LogP contribution in [-0.2, 0) is 0 Å². The van der Waals surface area contributed by atoms with Gasteiger partial charge < -0.3 is 14.4 Å². The van der Waals surface area contributed by atoms with Crippen molar-refractivity contribution in [2.75, 3.05) is 19.1 Å². The number of anilines is 1. The van der Waals surface area contributed by atoms with Gasteiger partial charge >= 0.3 is 0 Å². The molecule has 0 fully saturated rings. The molecule has 0 saturated heterocycles. The highest BCUT2D eigenvalue weighted by Crippen LogP contribution is 2.39. The Labute approximate surface area is 123 Å². The lowest BCUT2D eigenvalue weighted by molar-refractivity contribution is 0.0992. The van der Waals surface area contributed by atoms with Crippen LogP contribution in [0, 0.1) is 0 Å². The van der Waals surface area contributed by atoms with E-state index in [4.69, 9.17) is 9.47 Å². The Morgan fingerprint density at radius 1 is 1.14 bits per heavy atom. The Morgan fingerprint density at radius 2 is 1.90 bits per heavy atom. The fourth-order valence-corrected chi connectivity index (χ4v) is 2.69. The average molecular weight is 284 g/mol. The maximum Gasteiger partial charge on any atom is 0.259 e. The van der Waals surface area contributed by atoms with E-state index in [1.807, 2.05) is 19.1 Å². The van der Waals surface area contributed by atoms with Gasteiger partial charge in [0.2, 0.25) is 0 Å². The van der Waals surface area contributed by atoms with E-state index >= 15 is 0 Å². The van der Waals surface area contributed by atoms with Gasteiger partial charge in [-0.1, -0.05) is 0 Å². The summed E-state index contributed by atoms with van der Waals surface area (Å²) in [6.07, 6.45) is 3.39. The van der Waals surface area contributed by atoms with Crippen molar-refractivity contribution in [2.24, 2.45) is 0 Å². The van der Waals surface area contributed by atoms with E-state index in [-0.39, 0.29) is 11.9 Å². The number of rotatable bonds is 3. The van der Waals surface area contributed by atoms with E-state index < -0.39 is 0 Å². The van der Waals surface area contributed by atoms with Crippen LogP contribution in [0.5, 0.6) is 11.5 Å². The third-order valence-corrected chi connectivity index (χ3v) is 3.78. The van der Waals surface area contributed by atoms with E-state index in [0.717, 1.165) is 11.3 Å². The average Bonchev–Trinajstić information content (AvgIpc) is 2.78. The Morgan fingerprint density at radius 3 is 2.57 bits per heavy atom. The molecule has 0 saturated carbocycles. The number of methoxy groups -OCH3 is 2. The highest BCUT2D eigenvalue weighted by Gasteiger charge is 2.35. The first-order chi connectivity index (χ1) is 10.2. The monoisotopic (exact) mass is 284 g/mol. The molecule has 3 rings (SSSR count). The smallest absolute Gasteiger partial charge is 0.259 e. The molecule has 2 heterocycles. The predicted molar refractivity (Wildman–Crippen MR) is 79.0 cm³/mol. The van der Waals surface area contributed by atoms with Gasteiger partial charge in [-0.2, -0.15) is 0 Å². The number of fused-ring (bicyclic) bond motifs is 1. The van der Waals surface area contributed by atoms with Crippen LogP contribution >= 0.6 is 0 Å². The Balaban J connectivity index is 2.05. The number of aromatic nitrogens is 1. The fraction of sp³-hybridized carbons (Fsp3) is 0.250. The maximum absolute atomic E-state index is 12.6. The summed E-state index contributed by atoms with van der Waals surface area (Å²) in [7, 11) is 3.16. The molecule has 0 aliphatic carbocycles. The Kier molecular flexibility index (Phi) is 3.25. The van der Waals surface area contributed by atoms with Crippen molar-refractivity contribution < 1.29 is 14.3 Å². The zero-order valence-electron chi connectivity index (χ0n) is 12.2. The van der Waals surface area contributed by atoms with Crippen molar-refractivity contribution in [1.29, 1.82) is 0 Å². The summed E-state index contributed by atoms with van der Waals surface area (Å²) in [6.45, 7) is 1.99. The normalized spacial score (nSPS) is 16.8. The molecule has 108 valence electrons. The minimum atomic E-state index is -0.0562. The van der Waals surface area contributed by atoms with Gasteiger partial charge in [-0.3, -0.25) is 9.78 Å². The van der Waals surface area contributed by atoms with Gasteiger partial charge in [0.25, 0.3) is 5.91 Å². The van der Waals surface area contributed by atoms with Crippen molar-refractivity contribution in [3.8, 4) is 11.5 Å². The third-order valence-electron chi connectivity index (χ3n) is 3.78. The number of benzene rings is 1. The van der Waals surface area contributed by atoms with Crippen LogP contribution in [0.2, 0.25) is 0 Å². The predicted octanol–water partition coefficient (Wildman–Crippen LogP) is 2.82. The van der Waals surface area contributed by atoms with Crippen LogP contribution in [0.4, 0.5) is 5.69 Å². The molecule has 5 heteroatoms. The van der Waals surface area contributed by atoms with Crippen molar-refractivity contribution >= 4 is 11.6 Å². The molecule has 1 amide bonds. The highest BCUT2D eigenvalue weighted by atomic mass is 16.5. The van der Waals surface area contributed by atoms with Gasteiger partial charge in [-0.05, 0) is 25.1 Å². The van der Waals surface area contributed by atoms with Crippen LogP contribution in [0.25, 0.3) is 0 Å². The molecular weight excluding hydrogens is 268 g/mol. The van der Waals surface area contributed by atoms with Crippen molar-refractivity contribution in [2.45, 2.75) is 13.0 Å². The molecule has 0 N–H and O–H groups in total. The molecule has 0 bridgehead atoms. The zero-order valence-corrected chi connectivity index (χ0v) is 12.2. The lowest BCUT2D eigenvalue weighted by Crippen LogP contribution is -2.26. The van der Waals surface area contributed by atoms with Crippen molar-refractivity contribution in [3.63, 3.8) is 0 Å². The molecule has 1 aromatic carbocycles. The number of carbonyl (C=O) groups is 1.